The number of furan rings is 1. The van der Waals surface area contributed by atoms with Crippen LogP contribution in [0.5, 0.6) is 0 Å². The van der Waals surface area contributed by atoms with Crippen LogP contribution in [0, 0.1) is 6.92 Å². The van der Waals surface area contributed by atoms with E-state index in [-0.39, 0.29) is 6.04 Å². The first-order valence-corrected chi connectivity index (χ1v) is 5.47. The second-order valence-corrected chi connectivity index (χ2v) is 4.24. The summed E-state index contributed by atoms with van der Waals surface area (Å²) in [4.78, 5) is 4.36. The Morgan fingerprint density at radius 2 is 2.44 bits per heavy atom. The molecule has 3 heterocycles. The normalized spacial score (nSPS) is 23.9. The third-order valence-corrected chi connectivity index (χ3v) is 2.86. The number of hydrogen-bond acceptors (Lipinski definition) is 4. The van der Waals surface area contributed by atoms with Crippen molar-refractivity contribution >= 4 is 5.95 Å². The van der Waals surface area contributed by atoms with Gasteiger partial charge in [-0.3, -0.25) is 0 Å². The second-order valence-electron chi connectivity index (χ2n) is 4.24. The van der Waals surface area contributed by atoms with Gasteiger partial charge in [0.1, 0.15) is 17.6 Å². The predicted octanol–water partition coefficient (Wildman–Crippen LogP) is 1.97. The first-order valence-electron chi connectivity index (χ1n) is 5.47. The molecule has 0 saturated carbocycles. The highest BCUT2D eigenvalue weighted by Crippen LogP contribution is 2.30. The molecule has 0 saturated heterocycles. The van der Waals surface area contributed by atoms with Crippen LogP contribution in [0.3, 0.4) is 0 Å². The number of aromatic nitrogens is 3. The lowest BCUT2D eigenvalue weighted by atomic mass is 10.0. The highest BCUT2D eigenvalue weighted by molar-refractivity contribution is 5.32. The summed E-state index contributed by atoms with van der Waals surface area (Å²) in [5.41, 5.74) is 0. The van der Waals surface area contributed by atoms with Gasteiger partial charge >= 0.3 is 0 Å². The molecule has 84 valence electrons. The Bertz CT molecular complexity index is 488. The molecule has 1 aliphatic rings. The van der Waals surface area contributed by atoms with E-state index < -0.39 is 0 Å². The molecule has 2 aromatic heterocycles. The Morgan fingerprint density at radius 3 is 3.19 bits per heavy atom. The van der Waals surface area contributed by atoms with Gasteiger partial charge in [0, 0.05) is 6.04 Å². The minimum absolute atomic E-state index is 0.155. The average molecular weight is 218 g/mol. The summed E-state index contributed by atoms with van der Waals surface area (Å²) in [6, 6.07) is 4.43. The summed E-state index contributed by atoms with van der Waals surface area (Å²) in [5, 5.41) is 7.73. The van der Waals surface area contributed by atoms with Gasteiger partial charge in [-0.1, -0.05) is 0 Å². The van der Waals surface area contributed by atoms with Gasteiger partial charge in [-0.2, -0.15) is 10.1 Å². The van der Waals surface area contributed by atoms with E-state index in [0.29, 0.717) is 6.04 Å². The van der Waals surface area contributed by atoms with Gasteiger partial charge < -0.3 is 9.73 Å². The van der Waals surface area contributed by atoms with Crippen molar-refractivity contribution in [2.45, 2.75) is 32.4 Å². The minimum Gasteiger partial charge on any atom is -0.467 e. The molecular weight excluding hydrogens is 204 g/mol. The van der Waals surface area contributed by atoms with Crippen molar-refractivity contribution in [3.63, 3.8) is 0 Å². The zero-order chi connectivity index (χ0) is 11.1. The molecule has 0 radical (unpaired) electrons. The van der Waals surface area contributed by atoms with Crippen molar-refractivity contribution in [3.8, 4) is 0 Å². The maximum atomic E-state index is 5.47. The van der Waals surface area contributed by atoms with Gasteiger partial charge in [-0.25, -0.2) is 4.68 Å². The van der Waals surface area contributed by atoms with Crippen molar-refractivity contribution in [2.24, 2.45) is 0 Å². The summed E-state index contributed by atoms with van der Waals surface area (Å²) in [5.74, 6) is 2.56. The lowest BCUT2D eigenvalue weighted by Crippen LogP contribution is -2.30. The van der Waals surface area contributed by atoms with Crippen molar-refractivity contribution in [1.29, 1.82) is 0 Å². The first-order chi connectivity index (χ1) is 7.74. The first kappa shape index (κ1) is 9.45. The van der Waals surface area contributed by atoms with E-state index in [9.17, 15) is 0 Å². The number of hydrogen-bond donors (Lipinski definition) is 1. The fraction of sp³-hybridized carbons (Fsp3) is 0.455. The minimum atomic E-state index is 0.155. The van der Waals surface area contributed by atoms with E-state index in [2.05, 4.69) is 22.3 Å². The number of fused-ring (bicyclic) bond motifs is 1. The summed E-state index contributed by atoms with van der Waals surface area (Å²) >= 11 is 0. The van der Waals surface area contributed by atoms with E-state index in [4.69, 9.17) is 4.42 Å². The van der Waals surface area contributed by atoms with Crippen molar-refractivity contribution in [3.05, 3.63) is 30.0 Å². The second kappa shape index (κ2) is 3.37. The molecule has 5 nitrogen and oxygen atoms in total. The maximum absolute atomic E-state index is 5.47. The highest BCUT2D eigenvalue weighted by atomic mass is 16.3. The zero-order valence-electron chi connectivity index (χ0n) is 9.34. The van der Waals surface area contributed by atoms with E-state index in [1.807, 2.05) is 23.7 Å². The standard InChI is InChI=1S/C11H14N4O/c1-7-6-9(10-4-3-5-16-10)15-11(12-7)13-8(2)14-15/h3-5,7,9H,6H2,1-2H3,(H,12,13,14)/t7-,9+/m1/s1. The van der Waals surface area contributed by atoms with Crippen molar-refractivity contribution in [2.75, 3.05) is 5.32 Å². The van der Waals surface area contributed by atoms with E-state index >= 15 is 0 Å². The molecule has 1 aliphatic heterocycles. The molecule has 3 rings (SSSR count). The van der Waals surface area contributed by atoms with Crippen LogP contribution in [0.4, 0.5) is 5.95 Å². The number of anilines is 1. The molecule has 0 aliphatic carbocycles. The monoisotopic (exact) mass is 218 g/mol. The molecule has 2 aromatic rings. The molecule has 5 heteroatoms. The predicted molar refractivity (Wildman–Crippen MR) is 59.3 cm³/mol. The summed E-state index contributed by atoms with van der Waals surface area (Å²) in [7, 11) is 0. The molecule has 0 fully saturated rings. The van der Waals surface area contributed by atoms with Crippen LogP contribution in [0.15, 0.2) is 22.8 Å². The van der Waals surface area contributed by atoms with Gasteiger partial charge in [-0.15, -0.1) is 0 Å². The summed E-state index contributed by atoms with van der Waals surface area (Å²) in [6.45, 7) is 4.04. The van der Waals surface area contributed by atoms with Crippen LogP contribution in [0.1, 0.15) is 31.0 Å². The van der Waals surface area contributed by atoms with Gasteiger partial charge in [0.05, 0.1) is 6.26 Å². The third kappa shape index (κ3) is 1.39. The molecule has 1 N–H and O–H groups in total. The van der Waals surface area contributed by atoms with Gasteiger partial charge in [0.25, 0.3) is 0 Å². The van der Waals surface area contributed by atoms with Crippen molar-refractivity contribution < 1.29 is 4.42 Å². The highest BCUT2D eigenvalue weighted by Gasteiger charge is 2.29. The van der Waals surface area contributed by atoms with E-state index in [1.165, 1.54) is 0 Å². The Hall–Kier alpha value is -1.78. The smallest absolute Gasteiger partial charge is 0.222 e. The summed E-state index contributed by atoms with van der Waals surface area (Å²) < 4.78 is 7.38. The molecule has 2 atom stereocenters. The molecular formula is C11H14N4O. The molecule has 0 aromatic carbocycles. The zero-order valence-corrected chi connectivity index (χ0v) is 9.34. The number of nitrogens with one attached hydrogen (secondary N) is 1. The van der Waals surface area contributed by atoms with Gasteiger partial charge in [0.15, 0.2) is 0 Å². The number of rotatable bonds is 1. The van der Waals surface area contributed by atoms with E-state index in [0.717, 1.165) is 24.0 Å². The lowest BCUT2D eigenvalue weighted by molar-refractivity contribution is 0.362. The Morgan fingerprint density at radius 1 is 1.56 bits per heavy atom. The quantitative estimate of drug-likeness (QED) is 0.795. The number of aryl methyl sites for hydroxylation is 1. The third-order valence-electron chi connectivity index (χ3n) is 2.86. The fourth-order valence-corrected chi connectivity index (χ4v) is 2.18. The molecule has 16 heavy (non-hydrogen) atoms. The molecule has 0 amide bonds. The molecule has 0 bridgehead atoms. The average Bonchev–Trinajstić information content (AvgIpc) is 2.83. The fourth-order valence-electron chi connectivity index (χ4n) is 2.18. The largest absolute Gasteiger partial charge is 0.467 e. The van der Waals surface area contributed by atoms with Gasteiger partial charge in [-0.05, 0) is 32.4 Å². The van der Waals surface area contributed by atoms with Gasteiger partial charge in [0.2, 0.25) is 5.95 Å². The Kier molecular flexibility index (Phi) is 1.99. The molecule has 0 spiro atoms. The topological polar surface area (TPSA) is 55.9 Å². The van der Waals surface area contributed by atoms with Crippen LogP contribution >= 0.6 is 0 Å². The van der Waals surface area contributed by atoms with Crippen LogP contribution in [-0.4, -0.2) is 20.8 Å². The maximum Gasteiger partial charge on any atom is 0.222 e. The lowest BCUT2D eigenvalue weighted by Gasteiger charge is -2.27. The Balaban J connectivity index is 2.06. The Labute approximate surface area is 93.5 Å². The molecule has 0 unspecified atom stereocenters. The van der Waals surface area contributed by atoms with Crippen molar-refractivity contribution in [1.82, 2.24) is 14.8 Å². The van der Waals surface area contributed by atoms with Crippen LogP contribution in [0.2, 0.25) is 0 Å². The number of nitrogens with zero attached hydrogens (tertiary/aromatic N) is 3. The van der Waals surface area contributed by atoms with Crippen LogP contribution in [0.25, 0.3) is 0 Å². The van der Waals surface area contributed by atoms with Crippen LogP contribution in [-0.2, 0) is 0 Å². The van der Waals surface area contributed by atoms with Crippen LogP contribution < -0.4 is 5.32 Å². The SMILES string of the molecule is Cc1nc2n(n1)[C@H](c1ccco1)C[C@@H](C)N2. The summed E-state index contributed by atoms with van der Waals surface area (Å²) in [6.07, 6.45) is 2.66. The van der Waals surface area contributed by atoms with E-state index in [1.54, 1.807) is 6.26 Å².